The molecule has 0 heterocycles. The Hall–Kier alpha value is -1.06. The van der Waals surface area contributed by atoms with Crippen molar-refractivity contribution in [2.75, 3.05) is 6.54 Å². The van der Waals surface area contributed by atoms with Gasteiger partial charge >= 0.3 is 5.97 Å². The fraction of sp³-hybridized carbons (Fsp3) is 0.875. The van der Waals surface area contributed by atoms with Gasteiger partial charge in [0.2, 0.25) is 5.91 Å². The van der Waals surface area contributed by atoms with E-state index in [4.69, 9.17) is 5.11 Å². The van der Waals surface area contributed by atoms with E-state index >= 15 is 0 Å². The number of carbonyl (C=O) groups excluding carboxylic acids is 1. The van der Waals surface area contributed by atoms with Crippen molar-refractivity contribution >= 4 is 11.9 Å². The third-order valence-corrected chi connectivity index (χ3v) is 4.33. The second kappa shape index (κ2) is 8.98. The highest BCUT2D eigenvalue weighted by atomic mass is 16.4. The second-order valence-electron chi connectivity index (χ2n) is 6.22. The van der Waals surface area contributed by atoms with E-state index in [-0.39, 0.29) is 17.7 Å². The van der Waals surface area contributed by atoms with Gasteiger partial charge in [0.15, 0.2) is 0 Å². The number of carboxylic acid groups (broad SMARTS) is 1. The summed E-state index contributed by atoms with van der Waals surface area (Å²) in [6, 6.07) is 0. The van der Waals surface area contributed by atoms with E-state index in [1.165, 1.54) is 19.3 Å². The van der Waals surface area contributed by atoms with E-state index in [1.54, 1.807) is 0 Å². The number of nitrogens with one attached hydrogen (secondary N) is 1. The van der Waals surface area contributed by atoms with Crippen LogP contribution in [-0.4, -0.2) is 23.5 Å². The molecule has 1 rings (SSSR count). The number of rotatable bonds is 9. The Labute approximate surface area is 122 Å². The second-order valence-corrected chi connectivity index (χ2v) is 6.22. The third kappa shape index (κ3) is 6.40. The predicted octanol–water partition coefficient (Wildman–Crippen LogP) is 3.50. The molecule has 116 valence electrons. The van der Waals surface area contributed by atoms with Crippen LogP contribution in [0.1, 0.15) is 77.6 Å². The highest BCUT2D eigenvalue weighted by molar-refractivity contribution is 5.78. The van der Waals surface area contributed by atoms with E-state index in [9.17, 15) is 9.59 Å². The normalized spacial score (nSPS) is 17.6. The van der Waals surface area contributed by atoms with Crippen LogP contribution in [0.3, 0.4) is 0 Å². The zero-order valence-corrected chi connectivity index (χ0v) is 12.7. The average molecular weight is 283 g/mol. The molecule has 1 amide bonds. The molecule has 2 N–H and O–H groups in total. The minimum Gasteiger partial charge on any atom is -0.481 e. The number of aliphatic carboxylic acids is 1. The maximum absolute atomic E-state index is 12.0. The summed E-state index contributed by atoms with van der Waals surface area (Å²) in [5, 5.41) is 12.0. The van der Waals surface area contributed by atoms with Crippen LogP contribution in [0.25, 0.3) is 0 Å². The lowest BCUT2D eigenvalue weighted by molar-refractivity contribution is -0.141. The van der Waals surface area contributed by atoms with Gasteiger partial charge < -0.3 is 10.4 Å². The van der Waals surface area contributed by atoms with Crippen molar-refractivity contribution in [3.63, 3.8) is 0 Å². The number of hydrogen-bond acceptors (Lipinski definition) is 2. The fourth-order valence-corrected chi connectivity index (χ4v) is 3.22. The van der Waals surface area contributed by atoms with Crippen molar-refractivity contribution in [2.24, 2.45) is 5.41 Å². The van der Waals surface area contributed by atoms with Crippen LogP contribution in [0.5, 0.6) is 0 Å². The van der Waals surface area contributed by atoms with Gasteiger partial charge in [-0.1, -0.05) is 45.4 Å². The van der Waals surface area contributed by atoms with Gasteiger partial charge in [0.25, 0.3) is 0 Å². The molecule has 4 heteroatoms. The quantitative estimate of drug-likeness (QED) is 0.636. The average Bonchev–Trinajstić information content (AvgIpc) is 2.38. The van der Waals surface area contributed by atoms with E-state index in [2.05, 4.69) is 12.2 Å². The number of carbonyl (C=O) groups is 2. The first-order valence-electron chi connectivity index (χ1n) is 8.06. The summed E-state index contributed by atoms with van der Waals surface area (Å²) in [5.74, 6) is -0.743. The lowest BCUT2D eigenvalue weighted by Crippen LogP contribution is -2.35. The van der Waals surface area contributed by atoms with Crippen LogP contribution in [0.15, 0.2) is 0 Å². The summed E-state index contributed by atoms with van der Waals surface area (Å²) in [6.07, 6.45) is 10.1. The third-order valence-electron chi connectivity index (χ3n) is 4.33. The van der Waals surface area contributed by atoms with E-state index in [0.29, 0.717) is 6.42 Å². The molecule has 0 atom stereocenters. The molecule has 0 aromatic rings. The van der Waals surface area contributed by atoms with Crippen LogP contribution >= 0.6 is 0 Å². The first-order chi connectivity index (χ1) is 9.58. The minimum absolute atomic E-state index is 0.0321. The first kappa shape index (κ1) is 17.0. The van der Waals surface area contributed by atoms with Crippen LogP contribution in [0.2, 0.25) is 0 Å². The molecular weight excluding hydrogens is 254 g/mol. The predicted molar refractivity (Wildman–Crippen MR) is 79.5 cm³/mol. The lowest BCUT2D eigenvalue weighted by atomic mass is 9.69. The molecule has 1 aliphatic carbocycles. The van der Waals surface area contributed by atoms with Crippen LogP contribution < -0.4 is 5.32 Å². The number of hydrogen-bond donors (Lipinski definition) is 2. The summed E-state index contributed by atoms with van der Waals surface area (Å²) in [6.45, 7) is 2.89. The minimum atomic E-state index is -0.775. The summed E-state index contributed by atoms with van der Waals surface area (Å²) >= 11 is 0. The molecule has 4 nitrogen and oxygen atoms in total. The van der Waals surface area contributed by atoms with Crippen molar-refractivity contribution < 1.29 is 14.7 Å². The number of carboxylic acids is 1. The van der Waals surface area contributed by atoms with Crippen molar-refractivity contribution in [1.82, 2.24) is 5.32 Å². The molecule has 0 aliphatic heterocycles. The summed E-state index contributed by atoms with van der Waals surface area (Å²) in [4.78, 5) is 23.1. The fourth-order valence-electron chi connectivity index (χ4n) is 3.22. The molecule has 0 radical (unpaired) electrons. The van der Waals surface area contributed by atoms with Gasteiger partial charge in [-0.05, 0) is 24.7 Å². The van der Waals surface area contributed by atoms with Crippen molar-refractivity contribution in [1.29, 1.82) is 0 Å². The van der Waals surface area contributed by atoms with Gasteiger partial charge in [0.1, 0.15) is 0 Å². The maximum Gasteiger partial charge on any atom is 0.303 e. The molecule has 20 heavy (non-hydrogen) atoms. The standard InChI is InChI=1S/C16H29NO3/c1-2-3-4-8-11-17-14(18)12-16(13-15(19)20)9-6-5-7-10-16/h2-13H2,1H3,(H,17,18)(H,19,20). The summed E-state index contributed by atoms with van der Waals surface area (Å²) in [5.41, 5.74) is -0.294. The molecule has 0 unspecified atom stereocenters. The van der Waals surface area contributed by atoms with Crippen molar-refractivity contribution in [3.05, 3.63) is 0 Å². The summed E-state index contributed by atoms with van der Waals surface area (Å²) < 4.78 is 0. The van der Waals surface area contributed by atoms with Crippen LogP contribution in [0, 0.1) is 5.41 Å². The molecule has 0 aromatic heterocycles. The SMILES string of the molecule is CCCCCCNC(=O)CC1(CC(=O)O)CCCCC1. The Morgan fingerprint density at radius 3 is 2.35 bits per heavy atom. The topological polar surface area (TPSA) is 66.4 Å². The number of unbranched alkanes of at least 4 members (excludes halogenated alkanes) is 3. The molecule has 0 spiro atoms. The van der Waals surface area contributed by atoms with E-state index in [0.717, 1.165) is 45.1 Å². The lowest BCUT2D eigenvalue weighted by Gasteiger charge is -2.35. The molecule has 0 saturated heterocycles. The Kier molecular flexibility index (Phi) is 7.63. The van der Waals surface area contributed by atoms with Crippen LogP contribution in [-0.2, 0) is 9.59 Å². The number of amides is 1. The zero-order valence-electron chi connectivity index (χ0n) is 12.7. The van der Waals surface area contributed by atoms with Crippen molar-refractivity contribution in [3.8, 4) is 0 Å². The van der Waals surface area contributed by atoms with Crippen molar-refractivity contribution in [2.45, 2.75) is 77.6 Å². The van der Waals surface area contributed by atoms with Gasteiger partial charge in [0, 0.05) is 13.0 Å². The van der Waals surface area contributed by atoms with E-state index in [1.807, 2.05) is 0 Å². The Bertz CT molecular complexity index is 309. The molecule has 1 aliphatic rings. The zero-order chi connectivity index (χ0) is 14.8. The molecule has 1 saturated carbocycles. The first-order valence-corrected chi connectivity index (χ1v) is 8.06. The molecule has 0 bridgehead atoms. The molecular formula is C16H29NO3. The largest absolute Gasteiger partial charge is 0.481 e. The Morgan fingerprint density at radius 1 is 1.05 bits per heavy atom. The molecule has 0 aromatic carbocycles. The highest BCUT2D eigenvalue weighted by Gasteiger charge is 2.36. The van der Waals surface area contributed by atoms with E-state index < -0.39 is 5.97 Å². The maximum atomic E-state index is 12.0. The van der Waals surface area contributed by atoms with Gasteiger partial charge in [0.05, 0.1) is 6.42 Å². The highest BCUT2D eigenvalue weighted by Crippen LogP contribution is 2.42. The molecule has 1 fully saturated rings. The monoisotopic (exact) mass is 283 g/mol. The van der Waals surface area contributed by atoms with Crippen LogP contribution in [0.4, 0.5) is 0 Å². The smallest absolute Gasteiger partial charge is 0.303 e. The Morgan fingerprint density at radius 2 is 1.75 bits per heavy atom. The Balaban J connectivity index is 2.36. The van der Waals surface area contributed by atoms with Gasteiger partial charge in [-0.3, -0.25) is 9.59 Å². The van der Waals surface area contributed by atoms with Gasteiger partial charge in [-0.15, -0.1) is 0 Å². The van der Waals surface area contributed by atoms with Gasteiger partial charge in [-0.25, -0.2) is 0 Å². The summed E-state index contributed by atoms with van der Waals surface area (Å²) in [7, 11) is 0. The van der Waals surface area contributed by atoms with Gasteiger partial charge in [-0.2, -0.15) is 0 Å².